The maximum absolute atomic E-state index is 12.1. The van der Waals surface area contributed by atoms with E-state index in [0.29, 0.717) is 24.9 Å². The number of pyridine rings is 1. The third kappa shape index (κ3) is 2.46. The lowest BCUT2D eigenvalue weighted by Crippen LogP contribution is -2.56. The highest BCUT2D eigenvalue weighted by atomic mass is 32.2. The number of hydrogen-bond acceptors (Lipinski definition) is 4. The third-order valence-corrected chi connectivity index (χ3v) is 6.90. The molecule has 0 N–H and O–H groups in total. The molecule has 0 bridgehead atoms. The topological polar surface area (TPSA) is 68.6 Å². The molecule has 1 saturated heterocycles. The maximum Gasteiger partial charge on any atom is 0.254 e. The molecular weight excluding hydrogens is 304 g/mol. The van der Waals surface area contributed by atoms with Crippen LogP contribution in [-0.2, 0) is 10.0 Å². The standard InChI is InChI=1S/C15H20N2O4S/c1-10-6-12(7-15(18)17(10)11-2-3-11)21-13-8-16(9-13)22(19,20)14-4-5-14/h6-7,11,13-14H,2-5,8-9H2,1H3. The molecule has 22 heavy (non-hydrogen) atoms. The number of hydrogen-bond donors (Lipinski definition) is 0. The highest BCUT2D eigenvalue weighted by molar-refractivity contribution is 7.90. The quantitative estimate of drug-likeness (QED) is 0.812. The van der Waals surface area contributed by atoms with Gasteiger partial charge in [0.15, 0.2) is 0 Å². The molecule has 0 radical (unpaired) electrons. The van der Waals surface area contributed by atoms with E-state index >= 15 is 0 Å². The smallest absolute Gasteiger partial charge is 0.254 e. The first-order chi connectivity index (χ1) is 10.4. The Bertz CT molecular complexity index is 756. The Morgan fingerprint density at radius 1 is 1.14 bits per heavy atom. The van der Waals surface area contributed by atoms with E-state index in [-0.39, 0.29) is 16.9 Å². The number of aromatic nitrogens is 1. The van der Waals surface area contributed by atoms with Crippen LogP contribution in [0, 0.1) is 6.92 Å². The fraction of sp³-hybridized carbons (Fsp3) is 0.667. The zero-order valence-electron chi connectivity index (χ0n) is 12.6. The van der Waals surface area contributed by atoms with Gasteiger partial charge < -0.3 is 9.30 Å². The summed E-state index contributed by atoms with van der Waals surface area (Å²) in [7, 11) is -3.09. The third-order valence-electron chi connectivity index (χ3n) is 4.57. The van der Waals surface area contributed by atoms with E-state index < -0.39 is 10.0 Å². The van der Waals surface area contributed by atoms with Gasteiger partial charge in [0.25, 0.3) is 5.56 Å². The Hall–Kier alpha value is -1.34. The van der Waals surface area contributed by atoms with Gasteiger partial charge in [0.2, 0.25) is 10.0 Å². The summed E-state index contributed by atoms with van der Waals surface area (Å²) < 4.78 is 33.1. The summed E-state index contributed by atoms with van der Waals surface area (Å²) in [4.78, 5) is 12.1. The lowest BCUT2D eigenvalue weighted by Gasteiger charge is -2.38. The van der Waals surface area contributed by atoms with Crippen molar-refractivity contribution >= 4 is 10.0 Å². The van der Waals surface area contributed by atoms with Gasteiger partial charge in [-0.3, -0.25) is 4.79 Å². The molecule has 2 heterocycles. The van der Waals surface area contributed by atoms with E-state index in [1.165, 1.54) is 10.4 Å². The van der Waals surface area contributed by atoms with Crippen LogP contribution in [0.4, 0.5) is 0 Å². The van der Waals surface area contributed by atoms with E-state index in [2.05, 4.69) is 0 Å². The number of sulfonamides is 1. The Kier molecular flexibility index (Phi) is 3.13. The highest BCUT2D eigenvalue weighted by Gasteiger charge is 2.45. The fourth-order valence-corrected chi connectivity index (χ4v) is 4.90. The van der Waals surface area contributed by atoms with Crippen LogP contribution in [0.5, 0.6) is 5.75 Å². The van der Waals surface area contributed by atoms with Crippen molar-refractivity contribution in [2.45, 2.75) is 50.0 Å². The van der Waals surface area contributed by atoms with Crippen LogP contribution in [-0.4, -0.2) is 41.7 Å². The number of rotatable bonds is 5. The molecule has 3 fully saturated rings. The normalized spacial score (nSPS) is 23.3. The summed E-state index contributed by atoms with van der Waals surface area (Å²) in [6.07, 6.45) is 3.55. The van der Waals surface area contributed by atoms with Crippen molar-refractivity contribution in [2.75, 3.05) is 13.1 Å². The molecule has 3 aliphatic rings. The van der Waals surface area contributed by atoms with Gasteiger partial charge >= 0.3 is 0 Å². The zero-order chi connectivity index (χ0) is 15.5. The first-order valence-electron chi connectivity index (χ1n) is 7.84. The molecule has 0 atom stereocenters. The van der Waals surface area contributed by atoms with Crippen molar-refractivity contribution in [3.05, 3.63) is 28.2 Å². The van der Waals surface area contributed by atoms with Gasteiger partial charge in [0, 0.05) is 17.8 Å². The molecule has 1 aliphatic heterocycles. The monoisotopic (exact) mass is 324 g/mol. The molecule has 7 heteroatoms. The van der Waals surface area contributed by atoms with Crippen molar-refractivity contribution in [2.24, 2.45) is 0 Å². The van der Waals surface area contributed by atoms with Gasteiger partial charge in [0.05, 0.1) is 18.3 Å². The Morgan fingerprint density at radius 3 is 2.36 bits per heavy atom. The predicted octanol–water partition coefficient (Wildman–Crippen LogP) is 1.05. The lowest BCUT2D eigenvalue weighted by molar-refractivity contribution is 0.0757. The minimum Gasteiger partial charge on any atom is -0.487 e. The molecule has 0 amide bonds. The largest absolute Gasteiger partial charge is 0.487 e. The van der Waals surface area contributed by atoms with Crippen molar-refractivity contribution in [3.8, 4) is 5.75 Å². The van der Waals surface area contributed by atoms with Gasteiger partial charge in [-0.05, 0) is 38.7 Å². The van der Waals surface area contributed by atoms with Crippen LogP contribution < -0.4 is 10.3 Å². The summed E-state index contributed by atoms with van der Waals surface area (Å²) in [5.74, 6) is 0.549. The van der Waals surface area contributed by atoms with Gasteiger partial charge in [-0.2, -0.15) is 4.31 Å². The van der Waals surface area contributed by atoms with Crippen LogP contribution in [0.2, 0.25) is 0 Å². The van der Waals surface area contributed by atoms with Crippen molar-refractivity contribution in [3.63, 3.8) is 0 Å². The van der Waals surface area contributed by atoms with E-state index in [4.69, 9.17) is 4.74 Å². The van der Waals surface area contributed by atoms with Crippen LogP contribution in [0.1, 0.15) is 37.4 Å². The molecular formula is C15H20N2O4S. The highest BCUT2D eigenvalue weighted by Crippen LogP contribution is 2.36. The van der Waals surface area contributed by atoms with Crippen molar-refractivity contribution in [1.82, 2.24) is 8.87 Å². The predicted molar refractivity (Wildman–Crippen MR) is 81.6 cm³/mol. The van der Waals surface area contributed by atoms with E-state index in [1.807, 2.05) is 17.6 Å². The fourth-order valence-electron chi connectivity index (χ4n) is 3.00. The Morgan fingerprint density at radius 2 is 1.82 bits per heavy atom. The Balaban J connectivity index is 1.42. The molecule has 4 rings (SSSR count). The zero-order valence-corrected chi connectivity index (χ0v) is 13.4. The van der Waals surface area contributed by atoms with E-state index in [9.17, 15) is 13.2 Å². The number of nitrogens with zero attached hydrogens (tertiary/aromatic N) is 2. The minimum atomic E-state index is -3.09. The number of aryl methyl sites for hydroxylation is 1. The summed E-state index contributed by atoms with van der Waals surface area (Å²) >= 11 is 0. The first-order valence-corrected chi connectivity index (χ1v) is 9.34. The average molecular weight is 324 g/mol. The van der Waals surface area contributed by atoms with Gasteiger partial charge in [-0.1, -0.05) is 0 Å². The van der Waals surface area contributed by atoms with Crippen LogP contribution in [0.25, 0.3) is 0 Å². The maximum atomic E-state index is 12.1. The molecule has 1 aromatic heterocycles. The minimum absolute atomic E-state index is 0.0284. The molecule has 0 unspecified atom stereocenters. The average Bonchev–Trinajstić information content (AvgIpc) is 3.24. The first kappa shape index (κ1) is 14.3. The summed E-state index contributed by atoms with van der Waals surface area (Å²) in [5.41, 5.74) is 0.881. The van der Waals surface area contributed by atoms with Crippen LogP contribution in [0.15, 0.2) is 16.9 Å². The summed E-state index contributed by atoms with van der Waals surface area (Å²) in [6.45, 7) is 2.70. The summed E-state index contributed by atoms with van der Waals surface area (Å²) in [6, 6.07) is 3.74. The molecule has 2 saturated carbocycles. The molecule has 0 aromatic carbocycles. The summed E-state index contributed by atoms with van der Waals surface area (Å²) in [5, 5.41) is -0.168. The van der Waals surface area contributed by atoms with Gasteiger partial charge in [-0.15, -0.1) is 0 Å². The molecule has 0 spiro atoms. The second kappa shape index (κ2) is 4.83. The number of ether oxygens (including phenoxy) is 1. The van der Waals surface area contributed by atoms with Crippen LogP contribution in [0.3, 0.4) is 0 Å². The van der Waals surface area contributed by atoms with Gasteiger partial charge in [-0.25, -0.2) is 8.42 Å². The SMILES string of the molecule is Cc1cc(OC2CN(S(=O)(=O)C3CC3)C2)cc(=O)n1C1CC1. The molecule has 120 valence electrons. The van der Waals surface area contributed by atoms with Crippen LogP contribution >= 0.6 is 0 Å². The van der Waals surface area contributed by atoms with E-state index in [0.717, 1.165) is 31.4 Å². The molecule has 6 nitrogen and oxygen atoms in total. The van der Waals surface area contributed by atoms with E-state index in [1.54, 1.807) is 0 Å². The van der Waals surface area contributed by atoms with Crippen molar-refractivity contribution in [1.29, 1.82) is 0 Å². The Labute approximate surface area is 129 Å². The van der Waals surface area contributed by atoms with Gasteiger partial charge in [0.1, 0.15) is 11.9 Å². The molecule has 1 aromatic rings. The second-order valence-electron chi connectivity index (χ2n) is 6.57. The second-order valence-corrected chi connectivity index (χ2v) is 8.79. The molecule has 2 aliphatic carbocycles. The van der Waals surface area contributed by atoms with Crippen molar-refractivity contribution < 1.29 is 13.2 Å². The lowest BCUT2D eigenvalue weighted by atomic mass is 10.2.